The summed E-state index contributed by atoms with van der Waals surface area (Å²) >= 11 is 12.2. The summed E-state index contributed by atoms with van der Waals surface area (Å²) in [6.45, 7) is 0.740. The molecule has 6 rings (SSSR count). The van der Waals surface area contributed by atoms with Crippen molar-refractivity contribution in [1.82, 2.24) is 25.1 Å². The molecule has 2 aliphatic heterocycles. The Kier molecular flexibility index (Phi) is 8.35. The molecule has 2 heterocycles. The van der Waals surface area contributed by atoms with Crippen LogP contribution >= 0.6 is 23.2 Å². The molecule has 2 fully saturated rings. The van der Waals surface area contributed by atoms with Crippen molar-refractivity contribution in [2.75, 3.05) is 20.1 Å². The van der Waals surface area contributed by atoms with Gasteiger partial charge in [0, 0.05) is 26.6 Å². The lowest BCUT2D eigenvalue weighted by Crippen LogP contribution is -2.65. The van der Waals surface area contributed by atoms with Crippen molar-refractivity contribution in [3.05, 3.63) is 112 Å². The first-order chi connectivity index (χ1) is 21.2. The second kappa shape index (κ2) is 12.4. The molecule has 9 nitrogen and oxygen atoms in total. The summed E-state index contributed by atoms with van der Waals surface area (Å²) in [5, 5.41) is 18.7. The fourth-order valence-corrected chi connectivity index (χ4v) is 6.32. The number of fused-ring (bicyclic) bond motifs is 2. The molecule has 2 saturated heterocycles. The number of hydrogen-bond donors (Lipinski definition) is 2. The van der Waals surface area contributed by atoms with Crippen molar-refractivity contribution < 1.29 is 19.5 Å². The maximum atomic E-state index is 14.1. The number of carbonyl (C=O) groups is 3. The molecule has 4 amide bonds. The molecule has 0 spiro atoms. The van der Waals surface area contributed by atoms with Gasteiger partial charge in [0.1, 0.15) is 18.0 Å². The van der Waals surface area contributed by atoms with Crippen LogP contribution in [0.25, 0.3) is 10.8 Å². The number of nitrogens with zero attached hydrogens (tertiary/aromatic N) is 4. The highest BCUT2D eigenvalue weighted by Gasteiger charge is 2.51. The van der Waals surface area contributed by atoms with Crippen molar-refractivity contribution in [2.24, 2.45) is 0 Å². The van der Waals surface area contributed by atoms with E-state index >= 15 is 0 Å². The van der Waals surface area contributed by atoms with E-state index in [0.717, 1.165) is 27.5 Å². The number of nitrogens with one attached hydrogen (secondary N) is 1. The van der Waals surface area contributed by atoms with E-state index in [9.17, 15) is 19.5 Å². The van der Waals surface area contributed by atoms with Gasteiger partial charge in [-0.05, 0) is 51.7 Å². The smallest absolute Gasteiger partial charge is 0.332 e. The number of hydrogen-bond acceptors (Lipinski definition) is 5. The number of amides is 4. The van der Waals surface area contributed by atoms with Gasteiger partial charge in [-0.25, -0.2) is 4.79 Å². The van der Waals surface area contributed by atoms with E-state index in [1.807, 2.05) is 42.5 Å². The van der Waals surface area contributed by atoms with Gasteiger partial charge in [-0.3, -0.25) is 14.6 Å². The van der Waals surface area contributed by atoms with E-state index in [1.54, 1.807) is 64.3 Å². The third-order valence-electron chi connectivity index (χ3n) is 8.28. The molecule has 0 radical (unpaired) electrons. The molecule has 11 heteroatoms. The number of phenolic OH excluding ortho intramolecular Hbond substituents is 1. The van der Waals surface area contributed by atoms with Crippen LogP contribution in [0.3, 0.4) is 0 Å². The van der Waals surface area contributed by atoms with Crippen LogP contribution < -0.4 is 5.32 Å². The quantitative estimate of drug-likeness (QED) is 0.298. The molecular weight excluding hydrogens is 601 g/mol. The average Bonchev–Trinajstić information content (AvgIpc) is 3.35. The second-order valence-electron chi connectivity index (χ2n) is 11.1. The highest BCUT2D eigenvalue weighted by molar-refractivity contribution is 6.42. The van der Waals surface area contributed by atoms with E-state index in [1.165, 1.54) is 5.01 Å². The third-order valence-corrected chi connectivity index (χ3v) is 9.02. The van der Waals surface area contributed by atoms with Gasteiger partial charge in [0.2, 0.25) is 11.8 Å². The Morgan fingerprint density at radius 1 is 0.955 bits per heavy atom. The maximum absolute atomic E-state index is 14.1. The maximum Gasteiger partial charge on any atom is 0.332 e. The number of urea groups is 1. The number of piperazine rings is 1. The zero-order valence-electron chi connectivity index (χ0n) is 24.0. The summed E-state index contributed by atoms with van der Waals surface area (Å²) in [4.78, 5) is 44.3. The normalized spacial score (nSPS) is 18.5. The largest absolute Gasteiger partial charge is 0.508 e. The summed E-state index contributed by atoms with van der Waals surface area (Å²) < 4.78 is 0. The predicted molar refractivity (Wildman–Crippen MR) is 169 cm³/mol. The minimum Gasteiger partial charge on any atom is -0.508 e. The fraction of sp³-hybridized carbons (Fsp3) is 0.242. The lowest BCUT2D eigenvalue weighted by molar-refractivity contribution is -0.157. The molecule has 0 bridgehead atoms. The van der Waals surface area contributed by atoms with Crippen molar-refractivity contribution >= 4 is 51.8 Å². The number of benzene rings is 4. The number of aromatic hydroxyl groups is 1. The molecule has 4 aromatic carbocycles. The molecule has 2 atom stereocenters. The molecule has 4 aromatic rings. The zero-order chi connectivity index (χ0) is 31.0. The molecule has 44 heavy (non-hydrogen) atoms. The first kappa shape index (κ1) is 29.7. The first-order valence-corrected chi connectivity index (χ1v) is 15.0. The van der Waals surface area contributed by atoms with Crippen LogP contribution in [0.1, 0.15) is 16.7 Å². The standard InChI is InChI=1S/C33H31Cl2N5O4/c1-37(33(44)36-17-22-11-14-27(34)28(35)15-22)39-20-31(42)40-29(16-21-9-12-25(41)13-10-21)32(43)38(19-30(39)40)18-24-7-4-6-23-5-2-3-8-26(23)24/h2-15,29-30,41H,16-20H2,1H3,(H,36,44)/t29-,30+/m0/s1. The van der Waals surface area contributed by atoms with Gasteiger partial charge < -0.3 is 20.2 Å². The third kappa shape index (κ3) is 5.91. The molecule has 226 valence electrons. The predicted octanol–water partition coefficient (Wildman–Crippen LogP) is 5.03. The summed E-state index contributed by atoms with van der Waals surface area (Å²) in [5.74, 6) is -0.277. The van der Waals surface area contributed by atoms with E-state index in [-0.39, 0.29) is 43.6 Å². The Morgan fingerprint density at radius 3 is 2.45 bits per heavy atom. The average molecular weight is 633 g/mol. The number of rotatable bonds is 7. The van der Waals surface area contributed by atoms with Gasteiger partial charge in [0.05, 0.1) is 23.1 Å². The minimum atomic E-state index is -0.779. The molecule has 0 aromatic heterocycles. The van der Waals surface area contributed by atoms with Crippen molar-refractivity contribution in [1.29, 1.82) is 0 Å². The van der Waals surface area contributed by atoms with Gasteiger partial charge in [-0.2, -0.15) is 5.01 Å². The monoisotopic (exact) mass is 631 g/mol. The van der Waals surface area contributed by atoms with Gasteiger partial charge in [0.15, 0.2) is 0 Å². The Morgan fingerprint density at radius 2 is 1.68 bits per heavy atom. The van der Waals surface area contributed by atoms with Crippen LogP contribution in [0.4, 0.5) is 4.79 Å². The van der Waals surface area contributed by atoms with E-state index in [2.05, 4.69) is 5.32 Å². The summed E-state index contributed by atoms with van der Waals surface area (Å²) in [7, 11) is 1.61. The van der Waals surface area contributed by atoms with E-state index in [0.29, 0.717) is 16.6 Å². The number of phenols is 1. The van der Waals surface area contributed by atoms with E-state index in [4.69, 9.17) is 23.2 Å². The fourth-order valence-electron chi connectivity index (χ4n) is 6.00. The Bertz CT molecular complexity index is 1730. The SMILES string of the molecule is CN(C(=O)NCc1ccc(Cl)c(Cl)c1)N1CC(=O)N2[C@@H](Cc3ccc(O)cc3)C(=O)N(Cc3cccc4ccccc34)C[C@@H]21. The molecule has 2 N–H and O–H groups in total. The Labute approximate surface area is 265 Å². The number of carbonyl (C=O) groups excluding carboxylic acids is 3. The van der Waals surface area contributed by atoms with Crippen LogP contribution in [-0.4, -0.2) is 75.1 Å². The number of hydrazine groups is 1. The van der Waals surface area contributed by atoms with Crippen LogP contribution in [0, 0.1) is 0 Å². The van der Waals surface area contributed by atoms with Crippen LogP contribution in [-0.2, 0) is 29.1 Å². The first-order valence-electron chi connectivity index (χ1n) is 14.3. The van der Waals surface area contributed by atoms with Gasteiger partial charge >= 0.3 is 6.03 Å². The second-order valence-corrected chi connectivity index (χ2v) is 11.9. The Balaban J connectivity index is 1.27. The highest BCUT2D eigenvalue weighted by Crippen LogP contribution is 2.31. The topological polar surface area (TPSA) is 96.4 Å². The summed E-state index contributed by atoms with van der Waals surface area (Å²) in [6, 6.07) is 24.7. The molecule has 0 unspecified atom stereocenters. The summed E-state index contributed by atoms with van der Waals surface area (Å²) in [6.07, 6.45) is -0.285. The van der Waals surface area contributed by atoms with Gasteiger partial charge in [-0.15, -0.1) is 0 Å². The van der Waals surface area contributed by atoms with Crippen molar-refractivity contribution in [2.45, 2.75) is 31.7 Å². The molecular formula is C33H31Cl2N5O4. The zero-order valence-corrected chi connectivity index (χ0v) is 25.5. The van der Waals surface area contributed by atoms with Gasteiger partial charge in [-0.1, -0.05) is 83.9 Å². The van der Waals surface area contributed by atoms with E-state index < -0.39 is 18.2 Å². The van der Waals surface area contributed by atoms with Crippen LogP contribution in [0.15, 0.2) is 84.9 Å². The van der Waals surface area contributed by atoms with Crippen molar-refractivity contribution in [3.8, 4) is 5.75 Å². The van der Waals surface area contributed by atoms with Crippen molar-refractivity contribution in [3.63, 3.8) is 0 Å². The molecule has 2 aliphatic rings. The molecule has 0 aliphatic carbocycles. The lowest BCUT2D eigenvalue weighted by atomic mass is 9.99. The lowest BCUT2D eigenvalue weighted by Gasteiger charge is -2.46. The molecule has 0 saturated carbocycles. The minimum absolute atomic E-state index is 0.0528. The highest BCUT2D eigenvalue weighted by atomic mass is 35.5. The van der Waals surface area contributed by atoms with Crippen LogP contribution in [0.5, 0.6) is 5.75 Å². The van der Waals surface area contributed by atoms with Gasteiger partial charge in [0.25, 0.3) is 0 Å². The summed E-state index contributed by atoms with van der Waals surface area (Å²) in [5.41, 5.74) is 2.58. The van der Waals surface area contributed by atoms with Crippen LogP contribution in [0.2, 0.25) is 10.0 Å². The number of halogens is 2. The Hall–Kier alpha value is -4.31.